The molecule has 8 heteroatoms. The summed E-state index contributed by atoms with van der Waals surface area (Å²) in [5, 5.41) is 13.9. The van der Waals surface area contributed by atoms with Crippen LogP contribution in [0.3, 0.4) is 0 Å². The number of rotatable bonds is 5. The molecule has 0 aromatic heterocycles. The zero-order chi connectivity index (χ0) is 15.4. The van der Waals surface area contributed by atoms with Crippen molar-refractivity contribution in [2.75, 3.05) is 25.6 Å². The molecule has 1 heterocycles. The SMILES string of the molecule is COCC(NC(=O)c1ccc2c(c1)OCC(=O)N2)C(=O)O. The third kappa shape index (κ3) is 3.48. The second kappa shape index (κ2) is 6.23. The van der Waals surface area contributed by atoms with Gasteiger partial charge in [-0.1, -0.05) is 0 Å². The lowest BCUT2D eigenvalue weighted by molar-refractivity contribution is -0.140. The van der Waals surface area contributed by atoms with Crippen molar-refractivity contribution in [1.82, 2.24) is 5.32 Å². The Morgan fingerprint density at radius 1 is 1.52 bits per heavy atom. The summed E-state index contributed by atoms with van der Waals surface area (Å²) in [6.07, 6.45) is 0. The zero-order valence-electron chi connectivity index (χ0n) is 11.2. The molecule has 0 aliphatic carbocycles. The Bertz CT molecular complexity index is 586. The predicted octanol–water partition coefficient (Wildman–Crippen LogP) is -0.153. The minimum absolute atomic E-state index is 0.125. The number of hydrogen-bond donors (Lipinski definition) is 3. The molecule has 1 aromatic rings. The highest BCUT2D eigenvalue weighted by atomic mass is 16.5. The number of ether oxygens (including phenoxy) is 2. The molecular formula is C13H14N2O6. The van der Waals surface area contributed by atoms with Crippen molar-refractivity contribution in [2.24, 2.45) is 0 Å². The zero-order valence-corrected chi connectivity index (χ0v) is 11.2. The molecule has 0 spiro atoms. The molecule has 3 N–H and O–H groups in total. The second-order valence-electron chi connectivity index (χ2n) is 4.37. The maximum atomic E-state index is 12.0. The van der Waals surface area contributed by atoms with Gasteiger partial charge in [0.1, 0.15) is 5.75 Å². The molecule has 8 nitrogen and oxygen atoms in total. The molecule has 1 aliphatic rings. The van der Waals surface area contributed by atoms with E-state index >= 15 is 0 Å². The Labute approximate surface area is 120 Å². The molecule has 0 radical (unpaired) electrons. The molecule has 0 fully saturated rings. The highest BCUT2D eigenvalue weighted by Gasteiger charge is 2.22. The monoisotopic (exact) mass is 294 g/mol. The van der Waals surface area contributed by atoms with Crippen LogP contribution < -0.4 is 15.4 Å². The van der Waals surface area contributed by atoms with Crippen molar-refractivity contribution in [3.63, 3.8) is 0 Å². The number of fused-ring (bicyclic) bond motifs is 1. The number of carbonyl (C=O) groups excluding carboxylic acids is 2. The first-order valence-corrected chi connectivity index (χ1v) is 6.10. The quantitative estimate of drug-likeness (QED) is 0.695. The average Bonchev–Trinajstić information content (AvgIpc) is 2.45. The standard InChI is InChI=1S/C13H14N2O6/c1-20-5-9(13(18)19)15-12(17)7-2-3-8-10(4-7)21-6-11(16)14-8/h2-4,9H,5-6H2,1H3,(H,14,16)(H,15,17)(H,18,19). The molecule has 21 heavy (non-hydrogen) atoms. The van der Waals surface area contributed by atoms with E-state index in [0.717, 1.165) is 0 Å². The van der Waals surface area contributed by atoms with Gasteiger partial charge in [-0.05, 0) is 18.2 Å². The van der Waals surface area contributed by atoms with Crippen LogP contribution in [0.1, 0.15) is 10.4 Å². The fraction of sp³-hybridized carbons (Fsp3) is 0.308. The summed E-state index contributed by atoms with van der Waals surface area (Å²) in [6, 6.07) is 3.29. The second-order valence-corrected chi connectivity index (χ2v) is 4.37. The Kier molecular flexibility index (Phi) is 4.39. The lowest BCUT2D eigenvalue weighted by Gasteiger charge is -2.19. The first-order chi connectivity index (χ1) is 10.0. The number of hydrogen-bond acceptors (Lipinski definition) is 5. The normalized spacial score (nSPS) is 14.4. The van der Waals surface area contributed by atoms with Gasteiger partial charge in [-0.2, -0.15) is 0 Å². The Morgan fingerprint density at radius 3 is 2.95 bits per heavy atom. The minimum Gasteiger partial charge on any atom is -0.482 e. The number of benzene rings is 1. The van der Waals surface area contributed by atoms with Crippen LogP contribution in [0.25, 0.3) is 0 Å². The molecular weight excluding hydrogens is 280 g/mol. The number of carboxylic acids is 1. The number of carbonyl (C=O) groups is 3. The van der Waals surface area contributed by atoms with E-state index in [0.29, 0.717) is 11.4 Å². The smallest absolute Gasteiger partial charge is 0.328 e. The number of methoxy groups -OCH3 is 1. The van der Waals surface area contributed by atoms with Crippen LogP contribution in [0.2, 0.25) is 0 Å². The Hall–Kier alpha value is -2.61. The van der Waals surface area contributed by atoms with Crippen LogP contribution >= 0.6 is 0 Å². The summed E-state index contributed by atoms with van der Waals surface area (Å²) in [5.41, 5.74) is 0.696. The van der Waals surface area contributed by atoms with E-state index < -0.39 is 17.9 Å². The average molecular weight is 294 g/mol. The molecule has 1 aliphatic heterocycles. The summed E-state index contributed by atoms with van der Waals surface area (Å²) in [7, 11) is 1.34. The van der Waals surface area contributed by atoms with E-state index in [1.54, 1.807) is 0 Å². The third-order valence-electron chi connectivity index (χ3n) is 2.81. The summed E-state index contributed by atoms with van der Waals surface area (Å²) in [6.45, 7) is -0.266. The van der Waals surface area contributed by atoms with E-state index in [1.807, 2.05) is 0 Å². The topological polar surface area (TPSA) is 114 Å². The fourth-order valence-corrected chi connectivity index (χ4v) is 1.80. The minimum atomic E-state index is -1.19. The Morgan fingerprint density at radius 2 is 2.29 bits per heavy atom. The van der Waals surface area contributed by atoms with E-state index in [1.165, 1.54) is 25.3 Å². The number of aliphatic carboxylic acids is 1. The predicted molar refractivity (Wildman–Crippen MR) is 71.3 cm³/mol. The third-order valence-corrected chi connectivity index (χ3v) is 2.81. The highest BCUT2D eigenvalue weighted by molar-refractivity contribution is 6.00. The van der Waals surface area contributed by atoms with Crippen LogP contribution in [0.15, 0.2) is 18.2 Å². The Balaban J connectivity index is 2.13. The van der Waals surface area contributed by atoms with Gasteiger partial charge in [0, 0.05) is 12.7 Å². The van der Waals surface area contributed by atoms with Crippen LogP contribution in [0.4, 0.5) is 5.69 Å². The summed E-state index contributed by atoms with van der Waals surface area (Å²) in [5.74, 6) is -1.67. The van der Waals surface area contributed by atoms with Crippen molar-refractivity contribution in [2.45, 2.75) is 6.04 Å². The van der Waals surface area contributed by atoms with Crippen LogP contribution in [0.5, 0.6) is 5.75 Å². The van der Waals surface area contributed by atoms with Gasteiger partial charge >= 0.3 is 5.97 Å². The van der Waals surface area contributed by atoms with Gasteiger partial charge in [-0.3, -0.25) is 9.59 Å². The molecule has 0 saturated heterocycles. The number of nitrogens with one attached hydrogen (secondary N) is 2. The van der Waals surface area contributed by atoms with Gasteiger partial charge in [0.2, 0.25) is 0 Å². The van der Waals surface area contributed by atoms with Crippen molar-refractivity contribution in [3.05, 3.63) is 23.8 Å². The van der Waals surface area contributed by atoms with Crippen molar-refractivity contribution in [1.29, 1.82) is 0 Å². The first-order valence-electron chi connectivity index (χ1n) is 6.10. The maximum Gasteiger partial charge on any atom is 0.328 e. The molecule has 1 atom stereocenters. The molecule has 1 unspecified atom stereocenters. The number of amides is 2. The van der Waals surface area contributed by atoms with E-state index in [2.05, 4.69) is 10.6 Å². The van der Waals surface area contributed by atoms with Crippen LogP contribution in [-0.2, 0) is 14.3 Å². The van der Waals surface area contributed by atoms with Crippen LogP contribution in [0, 0.1) is 0 Å². The summed E-state index contributed by atoms with van der Waals surface area (Å²) < 4.78 is 9.93. The van der Waals surface area contributed by atoms with E-state index in [-0.39, 0.29) is 24.7 Å². The number of carboxylic acid groups (broad SMARTS) is 1. The molecule has 1 aromatic carbocycles. The van der Waals surface area contributed by atoms with Gasteiger partial charge in [0.25, 0.3) is 11.8 Å². The summed E-state index contributed by atoms with van der Waals surface area (Å²) >= 11 is 0. The molecule has 0 saturated carbocycles. The highest BCUT2D eigenvalue weighted by Crippen LogP contribution is 2.28. The lowest BCUT2D eigenvalue weighted by Crippen LogP contribution is -2.43. The van der Waals surface area contributed by atoms with Crippen molar-refractivity contribution in [3.8, 4) is 5.75 Å². The van der Waals surface area contributed by atoms with E-state index in [9.17, 15) is 14.4 Å². The van der Waals surface area contributed by atoms with Crippen LogP contribution in [-0.4, -0.2) is 49.3 Å². The molecule has 2 rings (SSSR count). The van der Waals surface area contributed by atoms with Gasteiger partial charge in [0.15, 0.2) is 12.6 Å². The largest absolute Gasteiger partial charge is 0.482 e. The first kappa shape index (κ1) is 14.8. The maximum absolute atomic E-state index is 12.0. The van der Waals surface area contributed by atoms with Gasteiger partial charge in [0.05, 0.1) is 12.3 Å². The van der Waals surface area contributed by atoms with Gasteiger partial charge in [-0.15, -0.1) is 0 Å². The summed E-state index contributed by atoms with van der Waals surface area (Å²) in [4.78, 5) is 34.1. The van der Waals surface area contributed by atoms with Gasteiger partial charge in [-0.25, -0.2) is 4.79 Å². The molecule has 0 bridgehead atoms. The van der Waals surface area contributed by atoms with E-state index in [4.69, 9.17) is 14.6 Å². The molecule has 2 amide bonds. The fourth-order valence-electron chi connectivity index (χ4n) is 1.80. The van der Waals surface area contributed by atoms with Crippen molar-refractivity contribution < 1.29 is 29.0 Å². The number of anilines is 1. The molecule has 112 valence electrons. The lowest BCUT2D eigenvalue weighted by atomic mass is 10.1. The van der Waals surface area contributed by atoms with Crippen molar-refractivity contribution >= 4 is 23.5 Å². The van der Waals surface area contributed by atoms with Gasteiger partial charge < -0.3 is 25.2 Å².